The fourth-order valence-electron chi connectivity index (χ4n) is 1.24. The third-order valence-electron chi connectivity index (χ3n) is 2.24. The number of aromatic nitrogens is 1. The fourth-order valence-corrected chi connectivity index (χ4v) is 1.54. The molecule has 0 aliphatic carbocycles. The maximum absolute atomic E-state index is 8.85. The Morgan fingerprint density at radius 2 is 2.06 bits per heavy atom. The van der Waals surface area contributed by atoms with Crippen molar-refractivity contribution in [1.82, 2.24) is 9.88 Å². The summed E-state index contributed by atoms with van der Waals surface area (Å²) >= 11 is 6.08. The van der Waals surface area contributed by atoms with Gasteiger partial charge in [0.2, 0.25) is 0 Å². The third-order valence-corrected chi connectivity index (χ3v) is 2.61. The fraction of sp³-hybridized carbons (Fsp3) is 0.455. The average Bonchev–Trinajstić information content (AvgIpc) is 2.26. The quantitative estimate of drug-likeness (QED) is 0.799. The van der Waals surface area contributed by atoms with E-state index < -0.39 is 0 Å². The number of nitriles is 1. The molecular formula is C11H15ClN4. The van der Waals surface area contributed by atoms with Gasteiger partial charge in [-0.2, -0.15) is 5.26 Å². The van der Waals surface area contributed by atoms with Crippen LogP contribution in [0.15, 0.2) is 12.3 Å². The monoisotopic (exact) mass is 238 g/mol. The molecule has 5 heteroatoms. The molecule has 0 aromatic carbocycles. The second kappa shape index (κ2) is 5.69. The Hall–Kier alpha value is -1.31. The van der Waals surface area contributed by atoms with Crippen LogP contribution in [-0.2, 0) is 0 Å². The number of anilines is 1. The van der Waals surface area contributed by atoms with Gasteiger partial charge in [-0.15, -0.1) is 0 Å². The van der Waals surface area contributed by atoms with Crippen LogP contribution in [0, 0.1) is 11.3 Å². The number of pyridine rings is 1. The summed E-state index contributed by atoms with van der Waals surface area (Å²) in [6.45, 7) is 1.72. The maximum Gasteiger partial charge on any atom is 0.148 e. The minimum absolute atomic E-state index is 0.422. The lowest BCUT2D eigenvalue weighted by Crippen LogP contribution is -2.29. The molecule has 0 N–H and O–H groups in total. The molecule has 1 heterocycles. The van der Waals surface area contributed by atoms with Crippen molar-refractivity contribution in [2.45, 2.75) is 0 Å². The number of likely N-dealkylation sites (N-methyl/N-ethyl adjacent to an activating group) is 2. The number of halogens is 1. The number of nitrogens with zero attached hydrogens (tertiary/aromatic N) is 4. The molecule has 4 nitrogen and oxygen atoms in total. The van der Waals surface area contributed by atoms with Gasteiger partial charge in [0.05, 0.1) is 5.56 Å². The van der Waals surface area contributed by atoms with E-state index in [1.807, 2.05) is 32.1 Å². The van der Waals surface area contributed by atoms with Crippen molar-refractivity contribution in [3.8, 4) is 6.07 Å². The summed E-state index contributed by atoms with van der Waals surface area (Å²) in [5.41, 5.74) is 0.461. The maximum atomic E-state index is 8.85. The van der Waals surface area contributed by atoms with Gasteiger partial charge in [0.15, 0.2) is 0 Å². The highest BCUT2D eigenvalue weighted by molar-refractivity contribution is 6.34. The van der Waals surface area contributed by atoms with Crippen molar-refractivity contribution in [2.24, 2.45) is 0 Å². The second-order valence-electron chi connectivity index (χ2n) is 3.83. The standard InChI is InChI=1S/C11H15ClN4/c1-15(2)6-7-16(3)11-10(12)9(8-13)4-5-14-11/h4-5H,6-7H2,1-3H3. The lowest BCUT2D eigenvalue weighted by Gasteiger charge is -2.21. The van der Waals surface area contributed by atoms with Crippen molar-refractivity contribution in [3.63, 3.8) is 0 Å². The molecule has 0 aliphatic heterocycles. The van der Waals surface area contributed by atoms with Gasteiger partial charge in [-0.05, 0) is 20.2 Å². The van der Waals surface area contributed by atoms with Crippen LogP contribution in [0.2, 0.25) is 5.02 Å². The van der Waals surface area contributed by atoms with E-state index >= 15 is 0 Å². The largest absolute Gasteiger partial charge is 0.357 e. The predicted octanol–water partition coefficient (Wildman–Crippen LogP) is 1.60. The molecule has 0 fully saturated rings. The molecule has 16 heavy (non-hydrogen) atoms. The van der Waals surface area contributed by atoms with Gasteiger partial charge in [0, 0.05) is 26.3 Å². The first-order valence-corrected chi connectivity index (χ1v) is 5.34. The summed E-state index contributed by atoms with van der Waals surface area (Å²) < 4.78 is 0. The van der Waals surface area contributed by atoms with Crippen LogP contribution >= 0.6 is 11.6 Å². The summed E-state index contributed by atoms with van der Waals surface area (Å²) in [4.78, 5) is 8.22. The molecule has 0 amide bonds. The van der Waals surface area contributed by atoms with Gasteiger partial charge < -0.3 is 9.80 Å². The molecule has 0 spiro atoms. The Balaban J connectivity index is 2.84. The molecular weight excluding hydrogens is 224 g/mol. The van der Waals surface area contributed by atoms with E-state index in [1.54, 1.807) is 12.3 Å². The van der Waals surface area contributed by atoms with Crippen LogP contribution in [0.25, 0.3) is 0 Å². The zero-order chi connectivity index (χ0) is 12.1. The molecule has 0 unspecified atom stereocenters. The highest BCUT2D eigenvalue weighted by Crippen LogP contribution is 2.25. The SMILES string of the molecule is CN(C)CCN(C)c1nccc(C#N)c1Cl. The summed E-state index contributed by atoms with van der Waals surface area (Å²) in [6.07, 6.45) is 1.60. The smallest absolute Gasteiger partial charge is 0.148 e. The van der Waals surface area contributed by atoms with E-state index in [4.69, 9.17) is 16.9 Å². The van der Waals surface area contributed by atoms with Gasteiger partial charge in [0.25, 0.3) is 0 Å². The highest BCUT2D eigenvalue weighted by Gasteiger charge is 2.11. The number of hydrogen-bond acceptors (Lipinski definition) is 4. The molecule has 86 valence electrons. The van der Waals surface area contributed by atoms with Crippen LogP contribution in [0.3, 0.4) is 0 Å². The Morgan fingerprint density at radius 3 is 2.62 bits per heavy atom. The van der Waals surface area contributed by atoms with Crippen LogP contribution in [0.1, 0.15) is 5.56 Å². The summed E-state index contributed by atoms with van der Waals surface area (Å²) in [5, 5.41) is 9.28. The van der Waals surface area contributed by atoms with E-state index in [0.29, 0.717) is 16.4 Å². The Labute approximate surface area is 101 Å². The lowest BCUT2D eigenvalue weighted by atomic mass is 10.3. The van der Waals surface area contributed by atoms with Gasteiger partial charge >= 0.3 is 0 Å². The Bertz CT molecular complexity index is 397. The van der Waals surface area contributed by atoms with E-state index in [1.165, 1.54) is 0 Å². The normalized spacial score (nSPS) is 10.2. The second-order valence-corrected chi connectivity index (χ2v) is 4.21. The van der Waals surface area contributed by atoms with E-state index in [-0.39, 0.29) is 0 Å². The zero-order valence-corrected chi connectivity index (χ0v) is 10.5. The Kier molecular flexibility index (Phi) is 4.53. The first-order chi connectivity index (χ1) is 7.56. The molecule has 0 atom stereocenters. The first-order valence-electron chi connectivity index (χ1n) is 4.96. The minimum Gasteiger partial charge on any atom is -0.357 e. The zero-order valence-electron chi connectivity index (χ0n) is 9.74. The molecule has 1 rings (SSSR count). The van der Waals surface area contributed by atoms with Crippen molar-refractivity contribution in [2.75, 3.05) is 39.1 Å². The first kappa shape index (κ1) is 12.8. The molecule has 0 bridgehead atoms. The van der Waals surface area contributed by atoms with Crippen LogP contribution < -0.4 is 4.90 Å². The van der Waals surface area contributed by atoms with Gasteiger partial charge in [-0.25, -0.2) is 4.98 Å². The Morgan fingerprint density at radius 1 is 1.38 bits per heavy atom. The molecule has 0 radical (unpaired) electrons. The highest BCUT2D eigenvalue weighted by atomic mass is 35.5. The minimum atomic E-state index is 0.422. The van der Waals surface area contributed by atoms with Crippen molar-refractivity contribution >= 4 is 17.4 Å². The summed E-state index contributed by atoms with van der Waals surface area (Å²) in [7, 11) is 5.93. The van der Waals surface area contributed by atoms with E-state index in [2.05, 4.69) is 9.88 Å². The van der Waals surface area contributed by atoms with Gasteiger partial charge in [0.1, 0.15) is 16.9 Å². The summed E-state index contributed by atoms with van der Waals surface area (Å²) in [6, 6.07) is 3.66. The number of hydrogen-bond donors (Lipinski definition) is 0. The molecule has 0 aliphatic rings. The van der Waals surface area contributed by atoms with Crippen molar-refractivity contribution in [1.29, 1.82) is 5.26 Å². The molecule has 1 aromatic heterocycles. The number of rotatable bonds is 4. The van der Waals surface area contributed by atoms with Crippen LogP contribution in [0.4, 0.5) is 5.82 Å². The molecule has 0 saturated carbocycles. The topological polar surface area (TPSA) is 43.2 Å². The third kappa shape index (κ3) is 3.09. The van der Waals surface area contributed by atoms with Crippen LogP contribution in [0.5, 0.6) is 0 Å². The van der Waals surface area contributed by atoms with E-state index in [9.17, 15) is 0 Å². The van der Waals surface area contributed by atoms with Crippen molar-refractivity contribution < 1.29 is 0 Å². The lowest BCUT2D eigenvalue weighted by molar-refractivity contribution is 0.416. The van der Waals surface area contributed by atoms with E-state index in [0.717, 1.165) is 13.1 Å². The average molecular weight is 239 g/mol. The molecule has 1 aromatic rings. The predicted molar refractivity (Wildman–Crippen MR) is 65.8 cm³/mol. The van der Waals surface area contributed by atoms with Gasteiger partial charge in [-0.1, -0.05) is 11.6 Å². The molecule has 0 saturated heterocycles. The van der Waals surface area contributed by atoms with Gasteiger partial charge in [-0.3, -0.25) is 0 Å². The van der Waals surface area contributed by atoms with Crippen molar-refractivity contribution in [3.05, 3.63) is 22.8 Å². The summed E-state index contributed by atoms with van der Waals surface area (Å²) in [5.74, 6) is 0.655. The van der Waals surface area contributed by atoms with Crippen LogP contribution in [-0.4, -0.2) is 44.1 Å².